The first-order valence-corrected chi connectivity index (χ1v) is 9.48. The van der Waals surface area contributed by atoms with Crippen LogP contribution in [0.1, 0.15) is 29.2 Å². The zero-order chi connectivity index (χ0) is 18.5. The van der Waals surface area contributed by atoms with Gasteiger partial charge in [-0.25, -0.2) is 0 Å². The summed E-state index contributed by atoms with van der Waals surface area (Å²) in [6.45, 7) is 0.537. The normalized spacial score (nSPS) is 14.2. The van der Waals surface area contributed by atoms with Gasteiger partial charge < -0.3 is 15.0 Å². The number of halogens is 1. The number of nitrogens with one attached hydrogen (secondary N) is 2. The monoisotopic (exact) mass is 373 g/mol. The number of hydrogen-bond donors (Lipinski definition) is 2. The molecule has 0 saturated heterocycles. The van der Waals surface area contributed by atoms with Crippen molar-refractivity contribution in [2.45, 2.75) is 25.3 Å². The van der Waals surface area contributed by atoms with E-state index in [1.807, 2.05) is 30.3 Å². The topological polar surface area (TPSA) is 42.8 Å². The fourth-order valence-electron chi connectivity index (χ4n) is 3.44. The smallest absolute Gasteiger partial charge is 0.258 e. The highest BCUT2D eigenvalue weighted by Gasteiger charge is 2.21. The van der Waals surface area contributed by atoms with E-state index in [-0.39, 0.29) is 18.6 Å². The first-order valence-electron chi connectivity index (χ1n) is 9.10. The molecular weight excluding hydrogens is 348 g/mol. The van der Waals surface area contributed by atoms with Crippen LogP contribution in [0.4, 0.5) is 0 Å². The van der Waals surface area contributed by atoms with Gasteiger partial charge in [0.25, 0.3) is 5.91 Å². The first kappa shape index (κ1) is 18.7. The van der Waals surface area contributed by atoms with Gasteiger partial charge in [0.2, 0.25) is 0 Å². The van der Waals surface area contributed by atoms with Gasteiger partial charge in [-0.3, -0.25) is 4.79 Å². The third kappa shape index (κ3) is 4.57. The summed E-state index contributed by atoms with van der Waals surface area (Å²) in [4.78, 5) is 13.4. The van der Waals surface area contributed by atoms with Gasteiger partial charge in [-0.2, -0.15) is 0 Å². The molecule has 0 spiro atoms. The molecule has 3 rings (SSSR count). The van der Waals surface area contributed by atoms with Gasteiger partial charge in [0.05, 0.1) is 20.6 Å². The quantitative estimate of drug-likeness (QED) is 0.781. The highest BCUT2D eigenvalue weighted by Crippen LogP contribution is 2.26. The number of likely N-dealkylation sites (N-methyl/N-ethyl adjacent to an activating group) is 1. The molecule has 0 radical (unpaired) electrons. The summed E-state index contributed by atoms with van der Waals surface area (Å²) >= 11 is 6.32. The molecule has 1 amide bonds. The predicted molar refractivity (Wildman–Crippen MR) is 104 cm³/mol. The second-order valence-electron chi connectivity index (χ2n) is 7.03. The van der Waals surface area contributed by atoms with Crippen LogP contribution in [0.5, 0.6) is 5.75 Å². The second kappa shape index (κ2) is 8.56. The number of hydrogen-bond acceptors (Lipinski definition) is 2. The Morgan fingerprint density at radius 2 is 1.96 bits per heavy atom. The van der Waals surface area contributed by atoms with E-state index in [1.54, 1.807) is 0 Å². The molecule has 2 aromatic rings. The van der Waals surface area contributed by atoms with Crippen molar-refractivity contribution in [1.29, 1.82) is 0 Å². The molecule has 0 bridgehead atoms. The van der Waals surface area contributed by atoms with Crippen LogP contribution in [-0.2, 0) is 17.6 Å². The van der Waals surface area contributed by atoms with Crippen LogP contribution in [0.25, 0.3) is 0 Å². The summed E-state index contributed by atoms with van der Waals surface area (Å²) in [5.41, 5.74) is 3.78. The molecule has 0 aromatic heterocycles. The maximum atomic E-state index is 12.2. The van der Waals surface area contributed by atoms with Crippen molar-refractivity contribution < 1.29 is 14.4 Å². The summed E-state index contributed by atoms with van der Waals surface area (Å²) in [6, 6.07) is 14.0. The molecule has 4 nitrogen and oxygen atoms in total. The molecule has 0 saturated carbocycles. The fourth-order valence-corrected chi connectivity index (χ4v) is 3.70. The SMILES string of the molecule is C[NH+](C)[C@H](CNC(=O)COc1ccc2c(c1)CCC2)c1ccccc1Cl. The third-order valence-electron chi connectivity index (χ3n) is 4.92. The summed E-state index contributed by atoms with van der Waals surface area (Å²) < 4.78 is 5.67. The minimum atomic E-state index is -0.121. The van der Waals surface area contributed by atoms with Crippen molar-refractivity contribution in [3.05, 3.63) is 64.2 Å². The van der Waals surface area contributed by atoms with Gasteiger partial charge >= 0.3 is 0 Å². The third-order valence-corrected chi connectivity index (χ3v) is 5.27. The molecule has 1 aliphatic rings. The van der Waals surface area contributed by atoms with Crippen molar-refractivity contribution >= 4 is 17.5 Å². The average molecular weight is 374 g/mol. The molecular formula is C21H26ClN2O2+. The lowest BCUT2D eigenvalue weighted by Crippen LogP contribution is -3.07. The number of quaternary nitrogens is 1. The highest BCUT2D eigenvalue weighted by molar-refractivity contribution is 6.31. The van der Waals surface area contributed by atoms with E-state index in [0.29, 0.717) is 6.54 Å². The predicted octanol–water partition coefficient (Wildman–Crippen LogP) is 2.21. The van der Waals surface area contributed by atoms with Crippen LogP contribution in [-0.4, -0.2) is 33.2 Å². The Bertz CT molecular complexity index is 776. The van der Waals surface area contributed by atoms with E-state index in [2.05, 4.69) is 31.5 Å². The Morgan fingerprint density at radius 1 is 1.19 bits per heavy atom. The Balaban J connectivity index is 1.53. The zero-order valence-corrected chi connectivity index (χ0v) is 16.1. The fraction of sp³-hybridized carbons (Fsp3) is 0.381. The van der Waals surface area contributed by atoms with Crippen molar-refractivity contribution in [3.63, 3.8) is 0 Å². The van der Waals surface area contributed by atoms with Crippen molar-refractivity contribution in [2.24, 2.45) is 0 Å². The zero-order valence-electron chi connectivity index (χ0n) is 15.3. The Hall–Kier alpha value is -2.04. The number of carbonyl (C=O) groups excluding carboxylic acids is 1. The number of rotatable bonds is 7. The van der Waals surface area contributed by atoms with Gasteiger partial charge in [0.1, 0.15) is 11.8 Å². The van der Waals surface area contributed by atoms with Gasteiger partial charge in [0, 0.05) is 10.6 Å². The molecule has 1 atom stereocenters. The van der Waals surface area contributed by atoms with Crippen LogP contribution in [0.2, 0.25) is 5.02 Å². The van der Waals surface area contributed by atoms with Gasteiger partial charge in [-0.15, -0.1) is 0 Å². The largest absolute Gasteiger partial charge is 0.484 e. The van der Waals surface area contributed by atoms with Crippen LogP contribution < -0.4 is 15.0 Å². The highest BCUT2D eigenvalue weighted by atomic mass is 35.5. The van der Waals surface area contributed by atoms with E-state index in [4.69, 9.17) is 16.3 Å². The molecule has 5 heteroatoms. The molecule has 0 fully saturated rings. The van der Waals surface area contributed by atoms with Gasteiger partial charge in [-0.05, 0) is 48.6 Å². The minimum absolute atomic E-state index is 0.0246. The number of fused-ring (bicyclic) bond motifs is 1. The van der Waals surface area contributed by atoms with Crippen LogP contribution in [0.15, 0.2) is 42.5 Å². The summed E-state index contributed by atoms with van der Waals surface area (Å²) in [7, 11) is 4.11. The number of aryl methyl sites for hydroxylation is 2. The molecule has 2 N–H and O–H groups in total. The van der Waals surface area contributed by atoms with Gasteiger partial charge in [-0.1, -0.05) is 35.9 Å². The summed E-state index contributed by atoms with van der Waals surface area (Å²) in [5, 5.41) is 3.69. The Kier molecular flexibility index (Phi) is 6.17. The number of carbonyl (C=O) groups is 1. The van der Waals surface area contributed by atoms with Crippen molar-refractivity contribution in [1.82, 2.24) is 5.32 Å². The van der Waals surface area contributed by atoms with Gasteiger partial charge in [0.15, 0.2) is 6.61 Å². The number of amides is 1. The summed E-state index contributed by atoms with van der Waals surface area (Å²) in [6.07, 6.45) is 3.45. The molecule has 138 valence electrons. The van der Waals surface area contributed by atoms with Crippen LogP contribution in [0, 0.1) is 0 Å². The van der Waals surface area contributed by atoms with Crippen molar-refractivity contribution in [3.8, 4) is 5.75 Å². The molecule has 2 aromatic carbocycles. The lowest BCUT2D eigenvalue weighted by atomic mass is 10.1. The van der Waals surface area contributed by atoms with E-state index in [9.17, 15) is 4.79 Å². The lowest BCUT2D eigenvalue weighted by molar-refractivity contribution is -0.890. The molecule has 26 heavy (non-hydrogen) atoms. The second-order valence-corrected chi connectivity index (χ2v) is 7.44. The van der Waals surface area contributed by atoms with E-state index < -0.39 is 0 Å². The van der Waals surface area contributed by atoms with E-state index in [0.717, 1.165) is 29.2 Å². The van der Waals surface area contributed by atoms with E-state index in [1.165, 1.54) is 22.4 Å². The standard InChI is InChI=1S/C21H25ClN2O2/c1-24(2)20(18-8-3-4-9-19(18)22)13-23-21(25)14-26-17-11-10-15-6-5-7-16(15)12-17/h3-4,8-12,20H,5-7,13-14H2,1-2H3,(H,23,25)/p+1/t20-/m1/s1. The van der Waals surface area contributed by atoms with Crippen molar-refractivity contribution in [2.75, 3.05) is 27.2 Å². The molecule has 0 aliphatic heterocycles. The Labute approximate surface area is 160 Å². The minimum Gasteiger partial charge on any atom is -0.484 e. The lowest BCUT2D eigenvalue weighted by Gasteiger charge is -2.23. The molecule has 1 aliphatic carbocycles. The van der Waals surface area contributed by atoms with Crippen LogP contribution >= 0.6 is 11.6 Å². The maximum absolute atomic E-state index is 12.2. The number of benzene rings is 2. The molecule has 0 unspecified atom stereocenters. The van der Waals surface area contributed by atoms with E-state index >= 15 is 0 Å². The number of ether oxygens (including phenoxy) is 1. The van der Waals surface area contributed by atoms with Crippen LogP contribution in [0.3, 0.4) is 0 Å². The first-order chi connectivity index (χ1) is 12.5. The summed E-state index contributed by atoms with van der Waals surface area (Å²) in [5.74, 6) is 0.644. The molecule has 0 heterocycles. The maximum Gasteiger partial charge on any atom is 0.258 e. The Morgan fingerprint density at radius 3 is 2.73 bits per heavy atom. The average Bonchev–Trinajstić information content (AvgIpc) is 3.09.